The van der Waals surface area contributed by atoms with Gasteiger partial charge in [0.1, 0.15) is 0 Å². The topological polar surface area (TPSA) is 24.1 Å². The van der Waals surface area contributed by atoms with Crippen LogP contribution in [0.15, 0.2) is 18.2 Å². The van der Waals surface area contributed by atoms with Gasteiger partial charge in [0, 0.05) is 18.3 Å². The van der Waals surface area contributed by atoms with Crippen LogP contribution in [0, 0.1) is 0 Å². The number of aryl methyl sites for hydroxylation is 1. The molecule has 1 aliphatic carbocycles. The molecular weight excluding hydrogens is 220 g/mol. The van der Waals surface area contributed by atoms with Crippen molar-refractivity contribution in [3.8, 4) is 0 Å². The molecule has 18 heavy (non-hydrogen) atoms. The van der Waals surface area contributed by atoms with Gasteiger partial charge in [0.2, 0.25) is 0 Å². The van der Waals surface area contributed by atoms with Gasteiger partial charge in [-0.2, -0.15) is 0 Å². The van der Waals surface area contributed by atoms with Crippen LogP contribution in [-0.2, 0) is 12.8 Å². The summed E-state index contributed by atoms with van der Waals surface area (Å²) in [4.78, 5) is 0. The lowest BCUT2D eigenvalue weighted by Crippen LogP contribution is -2.27. The maximum Gasteiger partial charge on any atom is 0.0406 e. The fourth-order valence-corrected chi connectivity index (χ4v) is 3.33. The summed E-state index contributed by atoms with van der Waals surface area (Å²) in [6, 6.07) is 7.57. The average molecular weight is 244 g/mol. The van der Waals surface area contributed by atoms with Gasteiger partial charge in [-0.1, -0.05) is 31.0 Å². The molecule has 1 saturated carbocycles. The van der Waals surface area contributed by atoms with Crippen LogP contribution in [0.4, 0.5) is 5.69 Å². The number of nitrogens with one attached hydrogen (secondary N) is 2. The largest absolute Gasteiger partial charge is 0.384 e. The van der Waals surface area contributed by atoms with Crippen molar-refractivity contribution in [1.82, 2.24) is 5.32 Å². The summed E-state index contributed by atoms with van der Waals surface area (Å²) in [5, 5.41) is 7.23. The normalized spacial score (nSPS) is 18.9. The molecule has 0 spiro atoms. The molecule has 98 valence electrons. The standard InChI is InChI=1S/C16H24N2/c1-2-9-15(8-1)17-11-4-7-13-5-3-6-14-10-12-18-16(13)14/h3,5-6,15,17-18H,1-2,4,7-12H2. The Morgan fingerprint density at radius 3 is 3.00 bits per heavy atom. The molecule has 1 fully saturated rings. The molecule has 0 saturated heterocycles. The quantitative estimate of drug-likeness (QED) is 0.778. The molecule has 2 aliphatic rings. The Hall–Kier alpha value is -1.02. The zero-order valence-electron chi connectivity index (χ0n) is 11.2. The Labute approximate surface area is 110 Å². The smallest absolute Gasteiger partial charge is 0.0406 e. The number of hydrogen-bond donors (Lipinski definition) is 2. The molecule has 0 aromatic heterocycles. The fourth-order valence-electron chi connectivity index (χ4n) is 3.33. The zero-order valence-corrected chi connectivity index (χ0v) is 11.2. The highest BCUT2D eigenvalue weighted by molar-refractivity contribution is 5.61. The zero-order chi connectivity index (χ0) is 12.2. The van der Waals surface area contributed by atoms with E-state index in [4.69, 9.17) is 0 Å². The van der Waals surface area contributed by atoms with Gasteiger partial charge in [0.05, 0.1) is 0 Å². The number of rotatable bonds is 5. The van der Waals surface area contributed by atoms with Crippen LogP contribution >= 0.6 is 0 Å². The predicted molar refractivity (Wildman–Crippen MR) is 77.2 cm³/mol. The highest BCUT2D eigenvalue weighted by Gasteiger charge is 2.15. The van der Waals surface area contributed by atoms with Gasteiger partial charge < -0.3 is 10.6 Å². The lowest BCUT2D eigenvalue weighted by molar-refractivity contribution is 0.515. The summed E-state index contributed by atoms with van der Waals surface area (Å²) in [6.45, 7) is 2.29. The maximum atomic E-state index is 3.70. The van der Waals surface area contributed by atoms with E-state index in [0.29, 0.717) is 0 Å². The molecule has 0 bridgehead atoms. The Morgan fingerprint density at radius 2 is 2.11 bits per heavy atom. The van der Waals surface area contributed by atoms with Gasteiger partial charge in [-0.3, -0.25) is 0 Å². The molecule has 0 atom stereocenters. The molecule has 2 heteroatoms. The molecule has 1 aliphatic heterocycles. The number of para-hydroxylation sites is 1. The summed E-state index contributed by atoms with van der Waals surface area (Å²) >= 11 is 0. The minimum Gasteiger partial charge on any atom is -0.384 e. The van der Waals surface area contributed by atoms with E-state index in [0.717, 1.165) is 12.6 Å². The lowest BCUT2D eigenvalue weighted by Gasteiger charge is -2.12. The van der Waals surface area contributed by atoms with Crippen molar-refractivity contribution in [3.63, 3.8) is 0 Å². The highest BCUT2D eigenvalue weighted by atomic mass is 14.9. The van der Waals surface area contributed by atoms with Crippen molar-refractivity contribution in [2.45, 2.75) is 51.0 Å². The predicted octanol–water partition coefficient (Wildman–Crippen LogP) is 3.12. The first-order valence-electron chi connectivity index (χ1n) is 7.51. The molecular formula is C16H24N2. The SMILES string of the molecule is c1cc(CCCNC2CCCC2)c2c(c1)CCN2. The van der Waals surface area contributed by atoms with E-state index in [1.165, 1.54) is 68.3 Å². The third-order valence-corrected chi connectivity index (χ3v) is 4.34. The minimum atomic E-state index is 0.810. The van der Waals surface area contributed by atoms with E-state index >= 15 is 0 Å². The molecule has 0 unspecified atom stereocenters. The average Bonchev–Trinajstić information content (AvgIpc) is 3.05. The molecule has 0 radical (unpaired) electrons. The summed E-state index contributed by atoms with van der Waals surface area (Å²) in [6.07, 6.45) is 9.29. The summed E-state index contributed by atoms with van der Waals surface area (Å²) < 4.78 is 0. The summed E-state index contributed by atoms with van der Waals surface area (Å²) in [7, 11) is 0. The number of benzene rings is 1. The third-order valence-electron chi connectivity index (χ3n) is 4.34. The maximum absolute atomic E-state index is 3.70. The van der Waals surface area contributed by atoms with Crippen molar-refractivity contribution < 1.29 is 0 Å². The van der Waals surface area contributed by atoms with Crippen molar-refractivity contribution in [1.29, 1.82) is 0 Å². The van der Waals surface area contributed by atoms with E-state index < -0.39 is 0 Å². The Bertz CT molecular complexity index is 394. The Morgan fingerprint density at radius 1 is 1.22 bits per heavy atom. The fraction of sp³-hybridized carbons (Fsp3) is 0.625. The first-order valence-corrected chi connectivity index (χ1v) is 7.51. The molecule has 1 aromatic rings. The van der Waals surface area contributed by atoms with Crippen LogP contribution in [0.25, 0.3) is 0 Å². The van der Waals surface area contributed by atoms with Gasteiger partial charge in [-0.15, -0.1) is 0 Å². The molecule has 0 amide bonds. The minimum absolute atomic E-state index is 0.810. The van der Waals surface area contributed by atoms with E-state index in [1.54, 1.807) is 0 Å². The molecule has 1 aromatic carbocycles. The van der Waals surface area contributed by atoms with Crippen molar-refractivity contribution in [2.24, 2.45) is 0 Å². The summed E-state index contributed by atoms with van der Waals surface area (Å²) in [5.74, 6) is 0. The van der Waals surface area contributed by atoms with Crippen LogP contribution in [0.3, 0.4) is 0 Å². The van der Waals surface area contributed by atoms with E-state index in [9.17, 15) is 0 Å². The molecule has 2 nitrogen and oxygen atoms in total. The van der Waals surface area contributed by atoms with Crippen molar-refractivity contribution in [3.05, 3.63) is 29.3 Å². The van der Waals surface area contributed by atoms with E-state index in [2.05, 4.69) is 28.8 Å². The number of fused-ring (bicyclic) bond motifs is 1. The Balaban J connectivity index is 1.47. The van der Waals surface area contributed by atoms with E-state index in [1.807, 2.05) is 0 Å². The van der Waals surface area contributed by atoms with Crippen LogP contribution in [-0.4, -0.2) is 19.1 Å². The van der Waals surface area contributed by atoms with Crippen LogP contribution in [0.1, 0.15) is 43.2 Å². The number of anilines is 1. The Kier molecular flexibility index (Phi) is 3.84. The first-order chi connectivity index (χ1) is 8.93. The van der Waals surface area contributed by atoms with Gasteiger partial charge in [0.15, 0.2) is 0 Å². The van der Waals surface area contributed by atoms with Crippen molar-refractivity contribution >= 4 is 5.69 Å². The van der Waals surface area contributed by atoms with Crippen LogP contribution in [0.2, 0.25) is 0 Å². The van der Waals surface area contributed by atoms with Gasteiger partial charge in [-0.05, 0) is 49.8 Å². The van der Waals surface area contributed by atoms with Gasteiger partial charge in [0.25, 0.3) is 0 Å². The summed E-state index contributed by atoms with van der Waals surface area (Å²) in [5.41, 5.74) is 4.45. The molecule has 1 heterocycles. The van der Waals surface area contributed by atoms with Gasteiger partial charge in [-0.25, -0.2) is 0 Å². The molecule has 2 N–H and O–H groups in total. The highest BCUT2D eigenvalue weighted by Crippen LogP contribution is 2.27. The second-order valence-electron chi connectivity index (χ2n) is 5.67. The van der Waals surface area contributed by atoms with Gasteiger partial charge >= 0.3 is 0 Å². The molecule has 3 rings (SSSR count). The van der Waals surface area contributed by atoms with Crippen LogP contribution in [0.5, 0.6) is 0 Å². The first kappa shape index (κ1) is 12.0. The lowest BCUT2D eigenvalue weighted by atomic mass is 10.0. The second kappa shape index (κ2) is 5.75. The monoisotopic (exact) mass is 244 g/mol. The van der Waals surface area contributed by atoms with Crippen LogP contribution < -0.4 is 10.6 Å². The second-order valence-corrected chi connectivity index (χ2v) is 5.67. The van der Waals surface area contributed by atoms with E-state index in [-0.39, 0.29) is 0 Å². The van der Waals surface area contributed by atoms with Crippen molar-refractivity contribution in [2.75, 3.05) is 18.4 Å². The third kappa shape index (κ3) is 2.69. The number of hydrogen-bond acceptors (Lipinski definition) is 2.